The van der Waals surface area contributed by atoms with Gasteiger partial charge in [0.2, 0.25) is 0 Å². The van der Waals surface area contributed by atoms with Gasteiger partial charge in [-0.1, -0.05) is 18.5 Å². The van der Waals surface area contributed by atoms with Crippen molar-refractivity contribution in [1.82, 2.24) is 0 Å². The number of ketones is 1. The Balaban J connectivity index is 2.52. The highest BCUT2D eigenvalue weighted by Gasteiger charge is 2.20. The molecule has 0 unspecified atom stereocenters. The molecule has 0 spiro atoms. The van der Waals surface area contributed by atoms with Gasteiger partial charge in [0.05, 0.1) is 5.56 Å². The van der Waals surface area contributed by atoms with Crippen LogP contribution in [0.2, 0.25) is 5.02 Å². The van der Waals surface area contributed by atoms with Gasteiger partial charge in [0.25, 0.3) is 0 Å². The second-order valence-electron chi connectivity index (χ2n) is 3.25. The van der Waals surface area contributed by atoms with Crippen molar-refractivity contribution < 1.29 is 14.3 Å². The summed E-state index contributed by atoms with van der Waals surface area (Å²) < 4.78 is 10.8. The van der Waals surface area contributed by atoms with Gasteiger partial charge < -0.3 is 9.47 Å². The number of fused-ring (bicyclic) bond motifs is 1. The van der Waals surface area contributed by atoms with E-state index in [0.717, 1.165) is 0 Å². The maximum atomic E-state index is 11.6. The highest BCUT2D eigenvalue weighted by atomic mass is 35.5. The van der Waals surface area contributed by atoms with Gasteiger partial charge in [-0.05, 0) is 6.07 Å². The lowest BCUT2D eigenvalue weighted by atomic mass is 10.1. The number of carbonyl (C=O) groups is 1. The molecule has 0 saturated carbocycles. The van der Waals surface area contributed by atoms with Gasteiger partial charge >= 0.3 is 0 Å². The number of carbonyl (C=O) groups excluding carboxylic acids is 1. The molecule has 0 atom stereocenters. The minimum Gasteiger partial charge on any atom is -0.486 e. The first-order valence-electron chi connectivity index (χ1n) is 4.84. The molecule has 0 amide bonds. The van der Waals surface area contributed by atoms with Crippen LogP contribution < -0.4 is 9.47 Å². The van der Waals surface area contributed by atoms with E-state index in [1.54, 1.807) is 19.1 Å². The van der Waals surface area contributed by atoms with Gasteiger partial charge in [-0.25, -0.2) is 0 Å². The van der Waals surface area contributed by atoms with Crippen molar-refractivity contribution in [3.05, 3.63) is 22.7 Å². The fourth-order valence-electron chi connectivity index (χ4n) is 1.52. The summed E-state index contributed by atoms with van der Waals surface area (Å²) in [4.78, 5) is 11.6. The molecule has 0 fully saturated rings. The zero-order chi connectivity index (χ0) is 10.8. The SMILES string of the molecule is CCC(=O)c1cc(Cl)cc2c1OCCO2. The highest BCUT2D eigenvalue weighted by Crippen LogP contribution is 2.37. The molecular formula is C11H11ClO3. The Morgan fingerprint density at radius 3 is 2.87 bits per heavy atom. The largest absolute Gasteiger partial charge is 0.486 e. The van der Waals surface area contributed by atoms with Crippen LogP contribution in [0.3, 0.4) is 0 Å². The zero-order valence-electron chi connectivity index (χ0n) is 8.38. The van der Waals surface area contributed by atoms with Gasteiger partial charge in [0.1, 0.15) is 13.2 Å². The lowest BCUT2D eigenvalue weighted by Crippen LogP contribution is -2.17. The molecule has 0 saturated heterocycles. The van der Waals surface area contributed by atoms with Crippen molar-refractivity contribution in [2.24, 2.45) is 0 Å². The Morgan fingerprint density at radius 2 is 2.13 bits per heavy atom. The number of halogens is 1. The van der Waals surface area contributed by atoms with Crippen LogP contribution >= 0.6 is 11.6 Å². The van der Waals surface area contributed by atoms with E-state index in [2.05, 4.69) is 0 Å². The van der Waals surface area contributed by atoms with Gasteiger partial charge in [-0.3, -0.25) is 4.79 Å². The highest BCUT2D eigenvalue weighted by molar-refractivity contribution is 6.31. The molecule has 1 aliphatic rings. The lowest BCUT2D eigenvalue weighted by molar-refractivity contribution is 0.0977. The molecule has 0 aromatic heterocycles. The number of Topliss-reactive ketones (excluding diaryl/α,β-unsaturated/α-hetero) is 1. The van der Waals surface area contributed by atoms with E-state index < -0.39 is 0 Å². The van der Waals surface area contributed by atoms with Crippen LogP contribution in [0.15, 0.2) is 12.1 Å². The summed E-state index contributed by atoms with van der Waals surface area (Å²) >= 11 is 5.90. The van der Waals surface area contributed by atoms with E-state index in [0.29, 0.717) is 41.7 Å². The Kier molecular flexibility index (Phi) is 2.82. The van der Waals surface area contributed by atoms with Crippen LogP contribution in [0.25, 0.3) is 0 Å². The number of hydrogen-bond acceptors (Lipinski definition) is 3. The van der Waals surface area contributed by atoms with Crippen molar-refractivity contribution in [3.8, 4) is 11.5 Å². The first-order valence-corrected chi connectivity index (χ1v) is 5.22. The molecule has 80 valence electrons. The average molecular weight is 227 g/mol. The minimum absolute atomic E-state index is 0.0132. The summed E-state index contributed by atoms with van der Waals surface area (Å²) in [6.45, 7) is 2.77. The average Bonchev–Trinajstić information content (AvgIpc) is 2.26. The van der Waals surface area contributed by atoms with Crippen molar-refractivity contribution in [3.63, 3.8) is 0 Å². The van der Waals surface area contributed by atoms with Crippen LogP contribution in [0.1, 0.15) is 23.7 Å². The second kappa shape index (κ2) is 4.11. The number of benzene rings is 1. The number of ether oxygens (including phenoxy) is 2. The van der Waals surface area contributed by atoms with Crippen molar-refractivity contribution in [2.45, 2.75) is 13.3 Å². The molecule has 0 N–H and O–H groups in total. The van der Waals surface area contributed by atoms with Gasteiger partial charge in [0, 0.05) is 17.5 Å². The smallest absolute Gasteiger partial charge is 0.172 e. The normalized spacial score (nSPS) is 13.7. The molecular weight excluding hydrogens is 216 g/mol. The lowest BCUT2D eigenvalue weighted by Gasteiger charge is -2.20. The zero-order valence-corrected chi connectivity index (χ0v) is 9.13. The van der Waals surface area contributed by atoms with Gasteiger partial charge in [-0.2, -0.15) is 0 Å². The molecule has 1 aliphatic heterocycles. The predicted molar refractivity (Wildman–Crippen MR) is 57.1 cm³/mol. The predicted octanol–water partition coefficient (Wildman–Crippen LogP) is 2.70. The summed E-state index contributed by atoms with van der Waals surface area (Å²) in [7, 11) is 0. The maximum absolute atomic E-state index is 11.6. The molecule has 3 nitrogen and oxygen atoms in total. The van der Waals surface area contributed by atoms with Crippen LogP contribution in [0.4, 0.5) is 0 Å². The quantitative estimate of drug-likeness (QED) is 0.728. The summed E-state index contributed by atoms with van der Waals surface area (Å²) in [5, 5.41) is 0.496. The maximum Gasteiger partial charge on any atom is 0.172 e. The van der Waals surface area contributed by atoms with Crippen molar-refractivity contribution in [2.75, 3.05) is 13.2 Å². The van der Waals surface area contributed by atoms with Crippen LogP contribution in [-0.2, 0) is 0 Å². The first kappa shape index (κ1) is 10.3. The Bertz CT molecular complexity index is 401. The van der Waals surface area contributed by atoms with Crippen molar-refractivity contribution in [1.29, 1.82) is 0 Å². The minimum atomic E-state index is 0.0132. The molecule has 1 aromatic carbocycles. The van der Waals surface area contributed by atoms with Gasteiger partial charge in [-0.15, -0.1) is 0 Å². The summed E-state index contributed by atoms with van der Waals surface area (Å²) in [5.41, 5.74) is 0.514. The first-order chi connectivity index (χ1) is 7.22. The second-order valence-corrected chi connectivity index (χ2v) is 3.69. The molecule has 1 aromatic rings. The van der Waals surface area contributed by atoms with E-state index in [1.165, 1.54) is 0 Å². The molecule has 1 heterocycles. The Morgan fingerprint density at radius 1 is 1.40 bits per heavy atom. The number of rotatable bonds is 2. The monoisotopic (exact) mass is 226 g/mol. The molecule has 0 radical (unpaired) electrons. The number of hydrogen-bond donors (Lipinski definition) is 0. The fraction of sp³-hybridized carbons (Fsp3) is 0.364. The molecule has 15 heavy (non-hydrogen) atoms. The van der Waals surface area contributed by atoms with E-state index in [9.17, 15) is 4.79 Å². The third-order valence-corrected chi connectivity index (χ3v) is 2.45. The summed E-state index contributed by atoms with van der Waals surface area (Å²) in [5.74, 6) is 1.10. The van der Waals surface area contributed by atoms with E-state index in [-0.39, 0.29) is 5.78 Å². The van der Waals surface area contributed by atoms with E-state index >= 15 is 0 Å². The topological polar surface area (TPSA) is 35.5 Å². The van der Waals surface area contributed by atoms with Crippen LogP contribution in [0.5, 0.6) is 11.5 Å². The fourth-order valence-corrected chi connectivity index (χ4v) is 1.73. The van der Waals surface area contributed by atoms with Crippen LogP contribution in [-0.4, -0.2) is 19.0 Å². The third kappa shape index (κ3) is 1.92. The third-order valence-electron chi connectivity index (χ3n) is 2.23. The Hall–Kier alpha value is -1.22. The standard InChI is InChI=1S/C11H11ClO3/c1-2-9(13)8-5-7(12)6-10-11(8)15-4-3-14-10/h5-6H,2-4H2,1H3. The van der Waals surface area contributed by atoms with E-state index in [1.807, 2.05) is 0 Å². The summed E-state index contributed by atoms with van der Waals surface area (Å²) in [6, 6.07) is 3.30. The Labute approximate surface area is 92.9 Å². The van der Waals surface area contributed by atoms with Crippen molar-refractivity contribution >= 4 is 17.4 Å². The molecule has 0 aliphatic carbocycles. The molecule has 0 bridgehead atoms. The molecule has 2 rings (SSSR count). The van der Waals surface area contributed by atoms with Gasteiger partial charge in [0.15, 0.2) is 17.3 Å². The summed E-state index contributed by atoms with van der Waals surface area (Å²) in [6.07, 6.45) is 0.427. The van der Waals surface area contributed by atoms with E-state index in [4.69, 9.17) is 21.1 Å². The van der Waals surface area contributed by atoms with Crippen LogP contribution in [0, 0.1) is 0 Å². The molecule has 4 heteroatoms.